The highest BCUT2D eigenvalue weighted by Crippen LogP contribution is 2.37. The Kier molecular flexibility index (Phi) is 5.94. The van der Waals surface area contributed by atoms with Gasteiger partial charge in [-0.15, -0.1) is 0 Å². The highest BCUT2D eigenvalue weighted by molar-refractivity contribution is 6.32. The number of methoxy groups -OCH3 is 1. The lowest BCUT2D eigenvalue weighted by molar-refractivity contribution is -0.143. The zero-order valence-corrected chi connectivity index (χ0v) is 14.8. The van der Waals surface area contributed by atoms with E-state index >= 15 is 0 Å². The fourth-order valence-corrected chi connectivity index (χ4v) is 3.05. The zero-order valence-electron chi connectivity index (χ0n) is 14.0. The van der Waals surface area contributed by atoms with E-state index in [1.807, 2.05) is 13.8 Å². The van der Waals surface area contributed by atoms with E-state index in [9.17, 15) is 14.7 Å². The van der Waals surface area contributed by atoms with E-state index in [2.05, 4.69) is 0 Å². The molecule has 0 bridgehead atoms. The number of hydrogen-bond donors (Lipinski definition) is 1. The number of piperidine rings is 1. The largest absolute Gasteiger partial charge is 0.493 e. The number of likely N-dealkylation sites (tertiary alicyclic amines) is 1. The lowest BCUT2D eigenvalue weighted by Crippen LogP contribution is -2.48. The number of amides is 1. The number of nitrogens with zero attached hydrogens (tertiary/aromatic N) is 1. The molecule has 1 amide bonds. The smallest absolute Gasteiger partial charge is 0.326 e. The summed E-state index contributed by atoms with van der Waals surface area (Å²) in [5.74, 6) is -0.623. The molecule has 7 heteroatoms. The minimum absolute atomic E-state index is 0.101. The van der Waals surface area contributed by atoms with E-state index in [-0.39, 0.29) is 17.0 Å². The van der Waals surface area contributed by atoms with Crippen molar-refractivity contribution >= 4 is 23.5 Å². The van der Waals surface area contributed by atoms with Gasteiger partial charge in [0.1, 0.15) is 6.04 Å². The first-order valence-corrected chi connectivity index (χ1v) is 8.31. The number of rotatable bonds is 5. The highest BCUT2D eigenvalue weighted by Gasteiger charge is 2.33. The molecule has 1 aromatic carbocycles. The SMILES string of the molecule is COc1cc(C(=O)N2CCCC[C@@H]2C(=O)O)cc(Cl)c1OC(C)C. The van der Waals surface area contributed by atoms with E-state index in [4.69, 9.17) is 21.1 Å². The van der Waals surface area contributed by atoms with Crippen LogP contribution >= 0.6 is 11.6 Å². The van der Waals surface area contributed by atoms with Crippen LogP contribution in [0.1, 0.15) is 43.5 Å². The van der Waals surface area contributed by atoms with Gasteiger partial charge in [-0.25, -0.2) is 4.79 Å². The maximum absolute atomic E-state index is 12.8. The van der Waals surface area contributed by atoms with Crippen LogP contribution in [-0.4, -0.2) is 47.7 Å². The summed E-state index contributed by atoms with van der Waals surface area (Å²) < 4.78 is 10.9. The Hall–Kier alpha value is -1.95. The molecule has 1 aliphatic rings. The normalized spacial score (nSPS) is 17.7. The summed E-state index contributed by atoms with van der Waals surface area (Å²) in [6, 6.07) is 2.24. The molecule has 1 heterocycles. The van der Waals surface area contributed by atoms with Crippen LogP contribution < -0.4 is 9.47 Å². The molecule has 1 aliphatic heterocycles. The van der Waals surface area contributed by atoms with Gasteiger partial charge in [-0.2, -0.15) is 0 Å². The van der Waals surface area contributed by atoms with E-state index in [1.54, 1.807) is 6.07 Å². The number of halogens is 1. The second-order valence-electron chi connectivity index (χ2n) is 6.00. The minimum atomic E-state index is -0.985. The van der Waals surface area contributed by atoms with Crippen LogP contribution in [0.4, 0.5) is 0 Å². The minimum Gasteiger partial charge on any atom is -0.493 e. The molecule has 1 aromatic rings. The summed E-state index contributed by atoms with van der Waals surface area (Å²) in [7, 11) is 1.47. The molecule has 1 N–H and O–H groups in total. The molecular weight excluding hydrogens is 334 g/mol. The molecule has 0 aliphatic carbocycles. The number of carbonyl (C=O) groups is 2. The van der Waals surface area contributed by atoms with Crippen molar-refractivity contribution in [3.05, 3.63) is 22.7 Å². The van der Waals surface area contributed by atoms with Crippen molar-refractivity contribution in [2.45, 2.75) is 45.3 Å². The third-order valence-corrected chi connectivity index (χ3v) is 4.16. The quantitative estimate of drug-likeness (QED) is 0.877. The van der Waals surface area contributed by atoms with Crippen LogP contribution in [0.25, 0.3) is 0 Å². The van der Waals surface area contributed by atoms with Crippen molar-refractivity contribution in [2.24, 2.45) is 0 Å². The molecule has 132 valence electrons. The van der Waals surface area contributed by atoms with E-state index in [0.717, 1.165) is 12.8 Å². The summed E-state index contributed by atoms with van der Waals surface area (Å²) in [6.45, 7) is 4.14. The maximum atomic E-state index is 12.8. The summed E-state index contributed by atoms with van der Waals surface area (Å²) >= 11 is 6.25. The van der Waals surface area contributed by atoms with Crippen molar-refractivity contribution < 1.29 is 24.2 Å². The standard InChI is InChI=1S/C17H22ClNO5/c1-10(2)24-15-12(18)8-11(9-14(15)23-3)16(20)19-7-5-4-6-13(19)17(21)22/h8-10,13H,4-7H2,1-3H3,(H,21,22)/t13-/m1/s1. The van der Waals surface area contributed by atoms with Crippen LogP contribution in [0.2, 0.25) is 5.02 Å². The first kappa shape index (κ1) is 18.4. The molecule has 1 fully saturated rings. The van der Waals surface area contributed by atoms with E-state index < -0.39 is 12.0 Å². The van der Waals surface area contributed by atoms with Gasteiger partial charge in [0.25, 0.3) is 5.91 Å². The molecule has 0 unspecified atom stereocenters. The van der Waals surface area contributed by atoms with Crippen LogP contribution in [0, 0.1) is 0 Å². The molecule has 0 spiro atoms. The predicted molar refractivity (Wildman–Crippen MR) is 90.1 cm³/mol. The van der Waals surface area contributed by atoms with Gasteiger partial charge in [-0.3, -0.25) is 4.79 Å². The van der Waals surface area contributed by atoms with Crippen LogP contribution in [0.15, 0.2) is 12.1 Å². The lowest BCUT2D eigenvalue weighted by atomic mass is 10.0. The summed E-state index contributed by atoms with van der Waals surface area (Å²) in [6.07, 6.45) is 1.94. The Bertz CT molecular complexity index is 632. The van der Waals surface area contributed by atoms with Gasteiger partial charge in [0.15, 0.2) is 11.5 Å². The molecule has 1 saturated heterocycles. The summed E-state index contributed by atoms with van der Waals surface area (Å²) in [5, 5.41) is 9.60. The second kappa shape index (κ2) is 7.75. The summed E-state index contributed by atoms with van der Waals surface area (Å²) in [4.78, 5) is 25.6. The Morgan fingerprint density at radius 3 is 2.62 bits per heavy atom. The van der Waals surface area contributed by atoms with Gasteiger partial charge in [0, 0.05) is 12.1 Å². The number of carbonyl (C=O) groups excluding carboxylic acids is 1. The first-order chi connectivity index (χ1) is 11.3. The van der Waals surface area contributed by atoms with Crippen molar-refractivity contribution in [3.63, 3.8) is 0 Å². The Morgan fingerprint density at radius 2 is 2.04 bits per heavy atom. The maximum Gasteiger partial charge on any atom is 0.326 e. The third-order valence-electron chi connectivity index (χ3n) is 3.88. The second-order valence-corrected chi connectivity index (χ2v) is 6.41. The van der Waals surface area contributed by atoms with Gasteiger partial charge in [-0.1, -0.05) is 11.6 Å². The Balaban J connectivity index is 2.35. The Labute approximate surface area is 146 Å². The molecule has 1 atom stereocenters. The fourth-order valence-electron chi connectivity index (χ4n) is 2.79. The number of hydrogen-bond acceptors (Lipinski definition) is 4. The highest BCUT2D eigenvalue weighted by atomic mass is 35.5. The zero-order chi connectivity index (χ0) is 17.9. The van der Waals surface area contributed by atoms with Gasteiger partial charge in [0.05, 0.1) is 18.2 Å². The monoisotopic (exact) mass is 355 g/mol. The Morgan fingerprint density at radius 1 is 1.33 bits per heavy atom. The van der Waals surface area contributed by atoms with Crippen LogP contribution in [0.5, 0.6) is 11.5 Å². The average Bonchev–Trinajstić information content (AvgIpc) is 2.55. The van der Waals surface area contributed by atoms with Gasteiger partial charge in [0.2, 0.25) is 0 Å². The van der Waals surface area contributed by atoms with Gasteiger partial charge >= 0.3 is 5.97 Å². The molecule has 0 aromatic heterocycles. The first-order valence-electron chi connectivity index (χ1n) is 7.93. The van der Waals surface area contributed by atoms with Crippen LogP contribution in [0.3, 0.4) is 0 Å². The van der Waals surface area contributed by atoms with Gasteiger partial charge < -0.3 is 19.5 Å². The molecule has 24 heavy (non-hydrogen) atoms. The molecular formula is C17H22ClNO5. The van der Waals surface area contributed by atoms with Crippen molar-refractivity contribution in [3.8, 4) is 11.5 Å². The average molecular weight is 356 g/mol. The lowest BCUT2D eigenvalue weighted by Gasteiger charge is -2.33. The molecule has 0 saturated carbocycles. The predicted octanol–water partition coefficient (Wildman–Crippen LogP) is 3.22. The molecule has 0 radical (unpaired) electrons. The molecule has 2 rings (SSSR count). The van der Waals surface area contributed by atoms with Crippen molar-refractivity contribution in [1.29, 1.82) is 0 Å². The fraction of sp³-hybridized carbons (Fsp3) is 0.529. The third kappa shape index (κ3) is 3.93. The number of carboxylic acids is 1. The van der Waals surface area contributed by atoms with E-state index in [0.29, 0.717) is 30.0 Å². The number of benzene rings is 1. The van der Waals surface area contributed by atoms with Gasteiger partial charge in [-0.05, 0) is 45.2 Å². The summed E-state index contributed by atoms with van der Waals surface area (Å²) in [5.41, 5.74) is 0.293. The van der Waals surface area contributed by atoms with Crippen LogP contribution in [-0.2, 0) is 4.79 Å². The topological polar surface area (TPSA) is 76.1 Å². The number of aliphatic carboxylic acids is 1. The molecule has 6 nitrogen and oxygen atoms in total. The number of ether oxygens (including phenoxy) is 2. The van der Waals surface area contributed by atoms with Crippen molar-refractivity contribution in [1.82, 2.24) is 4.90 Å². The van der Waals surface area contributed by atoms with E-state index in [1.165, 1.54) is 18.1 Å². The number of carboxylic acid groups (broad SMARTS) is 1. The van der Waals surface area contributed by atoms with Crippen molar-refractivity contribution in [2.75, 3.05) is 13.7 Å².